The zero-order valence-corrected chi connectivity index (χ0v) is 15.9. The van der Waals surface area contributed by atoms with Crippen LogP contribution in [-0.2, 0) is 0 Å². The van der Waals surface area contributed by atoms with Gasteiger partial charge in [0.15, 0.2) is 5.82 Å². The van der Waals surface area contributed by atoms with Crippen molar-refractivity contribution in [1.29, 1.82) is 0 Å². The fraction of sp³-hybridized carbons (Fsp3) is 0.350. The van der Waals surface area contributed by atoms with E-state index < -0.39 is 6.10 Å². The number of anilines is 1. The first-order chi connectivity index (χ1) is 14.0. The van der Waals surface area contributed by atoms with Gasteiger partial charge in [-0.25, -0.2) is 19.3 Å². The summed E-state index contributed by atoms with van der Waals surface area (Å²) in [6.45, 7) is 4.99. The molecule has 3 aromatic rings. The number of rotatable bonds is 6. The lowest BCUT2D eigenvalue weighted by Crippen LogP contribution is -2.44. The molecule has 1 aliphatic heterocycles. The van der Waals surface area contributed by atoms with Gasteiger partial charge in [-0.1, -0.05) is 6.58 Å². The summed E-state index contributed by atoms with van der Waals surface area (Å²) >= 11 is 0. The van der Waals surface area contributed by atoms with E-state index in [2.05, 4.69) is 26.8 Å². The Labute approximate surface area is 167 Å². The van der Waals surface area contributed by atoms with Gasteiger partial charge in [0, 0.05) is 37.2 Å². The van der Waals surface area contributed by atoms with Crippen LogP contribution in [0.2, 0.25) is 0 Å². The summed E-state index contributed by atoms with van der Waals surface area (Å²) in [6.07, 6.45) is 5.56. The second-order valence-electron chi connectivity index (χ2n) is 7.10. The Morgan fingerprint density at radius 1 is 1.34 bits per heavy atom. The predicted octanol–water partition coefficient (Wildman–Crippen LogP) is 1.67. The molecule has 0 radical (unpaired) electrons. The number of piperidine rings is 1. The van der Waals surface area contributed by atoms with Crippen LogP contribution >= 0.6 is 0 Å². The van der Waals surface area contributed by atoms with Gasteiger partial charge in [0.1, 0.15) is 29.1 Å². The summed E-state index contributed by atoms with van der Waals surface area (Å²) in [5.41, 5.74) is 1.75. The maximum Gasteiger partial charge on any atom is 0.180 e. The molecule has 0 saturated carbocycles. The Balaban J connectivity index is 1.52. The number of aromatic nitrogens is 4. The third-order valence-electron chi connectivity index (χ3n) is 5.09. The van der Waals surface area contributed by atoms with Crippen LogP contribution in [0.1, 0.15) is 12.8 Å². The van der Waals surface area contributed by atoms with Crippen LogP contribution in [0, 0.1) is 5.82 Å². The minimum absolute atomic E-state index is 0.105. The van der Waals surface area contributed by atoms with Gasteiger partial charge in [-0.05, 0) is 31.0 Å². The average molecular weight is 398 g/mol. The molecule has 4 rings (SSSR count). The average Bonchev–Trinajstić information content (AvgIpc) is 3.16. The lowest BCUT2D eigenvalue weighted by molar-refractivity contribution is 0.0895. The number of fused-ring (bicyclic) bond motifs is 1. The van der Waals surface area contributed by atoms with Crippen molar-refractivity contribution in [3.05, 3.63) is 54.9 Å². The van der Waals surface area contributed by atoms with Crippen LogP contribution in [0.5, 0.6) is 0 Å². The molecule has 4 heterocycles. The van der Waals surface area contributed by atoms with Crippen molar-refractivity contribution in [1.82, 2.24) is 24.3 Å². The minimum atomic E-state index is -0.949. The summed E-state index contributed by atoms with van der Waals surface area (Å²) in [5.74, 6) is 0.737. The van der Waals surface area contributed by atoms with Gasteiger partial charge in [-0.3, -0.25) is 4.40 Å². The highest BCUT2D eigenvalue weighted by atomic mass is 19.1. The summed E-state index contributed by atoms with van der Waals surface area (Å²) in [7, 11) is 0. The van der Waals surface area contributed by atoms with E-state index in [-0.39, 0.29) is 18.5 Å². The molecule has 9 heteroatoms. The predicted molar refractivity (Wildman–Crippen MR) is 107 cm³/mol. The first-order valence-corrected chi connectivity index (χ1v) is 9.50. The molecule has 0 unspecified atom stereocenters. The third kappa shape index (κ3) is 4.06. The van der Waals surface area contributed by atoms with Crippen molar-refractivity contribution in [2.75, 3.05) is 25.0 Å². The Morgan fingerprint density at radius 2 is 2.21 bits per heavy atom. The minimum Gasteiger partial charge on any atom is -0.393 e. The molecule has 8 nitrogen and oxygen atoms in total. The number of aliphatic hydroxyl groups excluding tert-OH is 2. The van der Waals surface area contributed by atoms with Crippen LogP contribution in [-0.4, -0.2) is 66.3 Å². The molecule has 0 bridgehead atoms. The molecule has 2 atom stereocenters. The molecule has 3 aromatic heterocycles. The number of imidazole rings is 1. The number of pyridine rings is 1. The Hall–Kier alpha value is -3.04. The number of nitrogens with one attached hydrogen (secondary N) is 1. The molecule has 1 aliphatic rings. The zero-order valence-electron chi connectivity index (χ0n) is 15.9. The Bertz CT molecular complexity index is 1020. The van der Waals surface area contributed by atoms with Crippen molar-refractivity contribution in [2.45, 2.75) is 25.0 Å². The van der Waals surface area contributed by atoms with Crippen LogP contribution in [0.4, 0.5) is 10.2 Å². The molecule has 0 aromatic carbocycles. The molecule has 3 N–H and O–H groups in total. The van der Waals surface area contributed by atoms with Crippen molar-refractivity contribution >= 4 is 11.5 Å². The molecule has 29 heavy (non-hydrogen) atoms. The van der Waals surface area contributed by atoms with E-state index >= 15 is 0 Å². The largest absolute Gasteiger partial charge is 0.393 e. The number of aliphatic hydroxyl groups is 2. The fourth-order valence-electron chi connectivity index (χ4n) is 3.56. The Morgan fingerprint density at radius 3 is 3.03 bits per heavy atom. The van der Waals surface area contributed by atoms with E-state index in [1.54, 1.807) is 28.9 Å². The summed E-state index contributed by atoms with van der Waals surface area (Å²) in [5, 5.41) is 22.4. The molecule has 1 saturated heterocycles. The van der Waals surface area contributed by atoms with Crippen molar-refractivity contribution in [3.63, 3.8) is 0 Å². The highest BCUT2D eigenvalue weighted by Gasteiger charge is 2.24. The number of hydrogen-bond acceptors (Lipinski definition) is 7. The lowest BCUT2D eigenvalue weighted by Gasteiger charge is -2.37. The third-order valence-corrected chi connectivity index (χ3v) is 5.09. The fourth-order valence-corrected chi connectivity index (χ4v) is 3.56. The summed E-state index contributed by atoms with van der Waals surface area (Å²) in [4.78, 5) is 15.1. The van der Waals surface area contributed by atoms with Gasteiger partial charge in [-0.15, -0.1) is 0 Å². The quantitative estimate of drug-likeness (QED) is 0.581. The standard InChI is InChI=1S/C20H23FN6O2/c1-13(17(29)12-28)26-8-2-3-15(11-26)24-18-6-7-22-20(25-18)16-9-23-19-5-4-14(21)10-27(16)19/h4-7,9-10,15,17,28-29H,1-3,8,11-12H2,(H,22,24,25)/t15-,17+/m1/s1. The van der Waals surface area contributed by atoms with Crippen LogP contribution < -0.4 is 5.32 Å². The van der Waals surface area contributed by atoms with Crippen molar-refractivity contribution in [3.8, 4) is 11.5 Å². The zero-order chi connectivity index (χ0) is 20.4. The van der Waals surface area contributed by atoms with Crippen LogP contribution in [0.15, 0.2) is 49.1 Å². The van der Waals surface area contributed by atoms with Gasteiger partial charge in [0.25, 0.3) is 0 Å². The van der Waals surface area contributed by atoms with E-state index in [9.17, 15) is 9.50 Å². The van der Waals surface area contributed by atoms with Crippen LogP contribution in [0.25, 0.3) is 17.2 Å². The van der Waals surface area contributed by atoms with E-state index in [4.69, 9.17) is 5.11 Å². The second-order valence-corrected chi connectivity index (χ2v) is 7.10. The van der Waals surface area contributed by atoms with Gasteiger partial charge < -0.3 is 20.4 Å². The van der Waals surface area contributed by atoms with E-state index in [1.165, 1.54) is 12.3 Å². The van der Waals surface area contributed by atoms with Gasteiger partial charge >= 0.3 is 0 Å². The highest BCUT2D eigenvalue weighted by Crippen LogP contribution is 2.22. The lowest BCUT2D eigenvalue weighted by atomic mass is 10.0. The van der Waals surface area contributed by atoms with Crippen molar-refractivity contribution in [2.24, 2.45) is 0 Å². The smallest absolute Gasteiger partial charge is 0.180 e. The van der Waals surface area contributed by atoms with Crippen molar-refractivity contribution < 1.29 is 14.6 Å². The number of hydrogen-bond donors (Lipinski definition) is 3. The first-order valence-electron chi connectivity index (χ1n) is 9.50. The maximum absolute atomic E-state index is 13.6. The molecular formula is C20H23FN6O2. The number of nitrogens with zero attached hydrogens (tertiary/aromatic N) is 5. The van der Waals surface area contributed by atoms with Gasteiger partial charge in [-0.2, -0.15) is 0 Å². The van der Waals surface area contributed by atoms with E-state index in [0.717, 1.165) is 19.4 Å². The molecule has 0 amide bonds. The highest BCUT2D eigenvalue weighted by molar-refractivity contribution is 5.58. The molecular weight excluding hydrogens is 375 g/mol. The summed E-state index contributed by atoms with van der Waals surface area (Å²) < 4.78 is 15.3. The van der Waals surface area contributed by atoms with Gasteiger partial charge in [0.2, 0.25) is 0 Å². The molecule has 152 valence electrons. The van der Waals surface area contributed by atoms with E-state index in [0.29, 0.717) is 35.2 Å². The Kier molecular flexibility index (Phi) is 5.41. The van der Waals surface area contributed by atoms with Gasteiger partial charge in [0.05, 0.1) is 12.8 Å². The normalized spacial score (nSPS) is 18.0. The first kappa shape index (κ1) is 19.3. The SMILES string of the molecule is C=C([C@@H](O)CO)N1CCC[C@@H](Nc2ccnc(-c3cnc4ccc(F)cn34)n2)C1. The molecule has 0 spiro atoms. The maximum atomic E-state index is 13.6. The monoisotopic (exact) mass is 398 g/mol. The topological polar surface area (TPSA) is 98.8 Å². The molecule has 1 fully saturated rings. The number of halogens is 1. The molecule has 0 aliphatic carbocycles. The van der Waals surface area contributed by atoms with E-state index in [1.807, 2.05) is 4.90 Å². The summed E-state index contributed by atoms with van der Waals surface area (Å²) in [6, 6.07) is 4.85. The van der Waals surface area contributed by atoms with Crippen LogP contribution in [0.3, 0.4) is 0 Å². The second kappa shape index (κ2) is 8.14. The number of likely N-dealkylation sites (tertiary alicyclic amines) is 1.